The molecular weight excluding hydrogens is 346 g/mol. The SMILES string of the molecule is Cc1c(Cl)cccc1NCC(=O)NN=C1CCCCCCCCCCC1. The number of halogens is 1. The van der Waals surface area contributed by atoms with Crippen LogP contribution >= 0.6 is 11.6 Å². The Bertz CT molecular complexity index is 587. The molecule has 0 bridgehead atoms. The van der Waals surface area contributed by atoms with Gasteiger partial charge in [-0.25, -0.2) is 5.43 Å². The number of carbonyl (C=O) groups is 1. The summed E-state index contributed by atoms with van der Waals surface area (Å²) in [6, 6.07) is 5.64. The lowest BCUT2D eigenvalue weighted by Crippen LogP contribution is -2.27. The molecule has 2 N–H and O–H groups in total. The van der Waals surface area contributed by atoms with Crippen LogP contribution in [0.1, 0.15) is 76.2 Å². The zero-order chi connectivity index (χ0) is 18.6. The molecule has 0 atom stereocenters. The van der Waals surface area contributed by atoms with Crippen LogP contribution in [-0.4, -0.2) is 18.2 Å². The highest BCUT2D eigenvalue weighted by Gasteiger charge is 2.06. The Balaban J connectivity index is 1.80. The molecule has 0 unspecified atom stereocenters. The molecule has 0 aliphatic heterocycles. The van der Waals surface area contributed by atoms with E-state index in [1.807, 2.05) is 25.1 Å². The maximum atomic E-state index is 12.1. The number of benzene rings is 1. The fourth-order valence-electron chi connectivity index (χ4n) is 3.29. The van der Waals surface area contributed by atoms with Gasteiger partial charge in [0.2, 0.25) is 0 Å². The molecule has 1 amide bonds. The van der Waals surface area contributed by atoms with E-state index in [0.29, 0.717) is 5.02 Å². The van der Waals surface area contributed by atoms with Gasteiger partial charge in [0.25, 0.3) is 5.91 Å². The Morgan fingerprint density at radius 1 is 1.00 bits per heavy atom. The van der Waals surface area contributed by atoms with Gasteiger partial charge in [-0.3, -0.25) is 4.79 Å². The van der Waals surface area contributed by atoms with E-state index in [4.69, 9.17) is 11.6 Å². The van der Waals surface area contributed by atoms with Crippen molar-refractivity contribution in [2.24, 2.45) is 5.10 Å². The number of rotatable bonds is 4. The van der Waals surface area contributed by atoms with Crippen molar-refractivity contribution in [1.29, 1.82) is 0 Å². The summed E-state index contributed by atoms with van der Waals surface area (Å²) in [6.45, 7) is 2.13. The van der Waals surface area contributed by atoms with Gasteiger partial charge >= 0.3 is 0 Å². The van der Waals surface area contributed by atoms with Crippen LogP contribution < -0.4 is 10.7 Å². The van der Waals surface area contributed by atoms with Gasteiger partial charge in [-0.15, -0.1) is 0 Å². The van der Waals surface area contributed by atoms with Crippen LogP contribution in [0.2, 0.25) is 5.02 Å². The number of hydrazone groups is 1. The van der Waals surface area contributed by atoms with Crippen molar-refractivity contribution in [3.05, 3.63) is 28.8 Å². The average Bonchev–Trinajstić information content (AvgIpc) is 2.62. The smallest absolute Gasteiger partial charge is 0.259 e. The normalized spacial score (nSPS) is 16.9. The van der Waals surface area contributed by atoms with Gasteiger partial charge in [-0.05, 0) is 50.3 Å². The molecule has 1 aromatic rings. The van der Waals surface area contributed by atoms with Crippen molar-refractivity contribution < 1.29 is 4.79 Å². The first-order valence-corrected chi connectivity index (χ1v) is 10.4. The predicted molar refractivity (Wildman–Crippen MR) is 111 cm³/mol. The average molecular weight is 378 g/mol. The van der Waals surface area contributed by atoms with Crippen molar-refractivity contribution in [3.63, 3.8) is 0 Å². The highest BCUT2D eigenvalue weighted by molar-refractivity contribution is 6.31. The number of carbonyl (C=O) groups excluding carboxylic acids is 1. The van der Waals surface area contributed by atoms with E-state index in [-0.39, 0.29) is 12.5 Å². The second-order valence-electron chi connectivity index (χ2n) is 7.16. The molecule has 2 rings (SSSR count). The Kier molecular flexibility index (Phi) is 9.54. The molecule has 0 aromatic heterocycles. The summed E-state index contributed by atoms with van der Waals surface area (Å²) in [5.74, 6) is -0.122. The number of hydrogen-bond donors (Lipinski definition) is 2. The van der Waals surface area contributed by atoms with E-state index < -0.39 is 0 Å². The van der Waals surface area contributed by atoms with Gasteiger partial charge in [0.05, 0.1) is 6.54 Å². The highest BCUT2D eigenvalue weighted by atomic mass is 35.5. The Hall–Kier alpha value is -1.55. The van der Waals surface area contributed by atoms with Gasteiger partial charge in [0.1, 0.15) is 0 Å². The summed E-state index contributed by atoms with van der Waals surface area (Å²) in [6.07, 6.45) is 13.6. The summed E-state index contributed by atoms with van der Waals surface area (Å²) < 4.78 is 0. The second-order valence-corrected chi connectivity index (χ2v) is 7.57. The molecule has 1 saturated carbocycles. The van der Waals surface area contributed by atoms with Crippen LogP contribution in [0.5, 0.6) is 0 Å². The van der Waals surface area contributed by atoms with E-state index in [1.165, 1.54) is 57.8 Å². The Labute approximate surface area is 162 Å². The third-order valence-electron chi connectivity index (χ3n) is 4.98. The first-order chi connectivity index (χ1) is 12.7. The molecule has 1 fully saturated rings. The lowest BCUT2D eigenvalue weighted by molar-refractivity contribution is -0.119. The van der Waals surface area contributed by atoms with Gasteiger partial charge < -0.3 is 5.32 Å². The van der Waals surface area contributed by atoms with Crippen molar-refractivity contribution >= 4 is 28.9 Å². The number of nitrogens with one attached hydrogen (secondary N) is 2. The minimum absolute atomic E-state index is 0.122. The van der Waals surface area contributed by atoms with Crippen molar-refractivity contribution in [2.45, 2.75) is 77.6 Å². The van der Waals surface area contributed by atoms with Gasteiger partial charge in [0.15, 0.2) is 0 Å². The van der Waals surface area contributed by atoms with E-state index >= 15 is 0 Å². The van der Waals surface area contributed by atoms with Crippen molar-refractivity contribution in [3.8, 4) is 0 Å². The summed E-state index contributed by atoms with van der Waals surface area (Å²) in [5, 5.41) is 8.24. The maximum absolute atomic E-state index is 12.1. The lowest BCUT2D eigenvalue weighted by Gasteiger charge is -2.11. The van der Waals surface area contributed by atoms with Gasteiger partial charge in [-0.2, -0.15) is 5.10 Å². The van der Waals surface area contributed by atoms with Crippen LogP contribution in [0.25, 0.3) is 0 Å². The van der Waals surface area contributed by atoms with Crippen LogP contribution in [-0.2, 0) is 4.79 Å². The number of nitrogens with zero attached hydrogens (tertiary/aromatic N) is 1. The largest absolute Gasteiger partial charge is 0.376 e. The first-order valence-electron chi connectivity index (χ1n) is 10.00. The third kappa shape index (κ3) is 7.77. The fourth-order valence-corrected chi connectivity index (χ4v) is 3.46. The summed E-state index contributed by atoms with van der Waals surface area (Å²) in [5.41, 5.74) is 5.69. The zero-order valence-corrected chi connectivity index (χ0v) is 16.7. The molecule has 4 nitrogen and oxygen atoms in total. The maximum Gasteiger partial charge on any atom is 0.259 e. The molecule has 1 aliphatic rings. The van der Waals surface area contributed by atoms with Crippen LogP contribution in [0.3, 0.4) is 0 Å². The fraction of sp³-hybridized carbons (Fsp3) is 0.619. The predicted octanol–water partition coefficient (Wildman–Crippen LogP) is 5.84. The van der Waals surface area contributed by atoms with E-state index in [2.05, 4.69) is 15.8 Å². The Morgan fingerprint density at radius 3 is 2.19 bits per heavy atom. The van der Waals surface area contributed by atoms with Crippen LogP contribution in [0.15, 0.2) is 23.3 Å². The number of amides is 1. The molecule has 1 aromatic carbocycles. The first kappa shape index (κ1) is 20.8. The number of hydrogen-bond acceptors (Lipinski definition) is 3. The highest BCUT2D eigenvalue weighted by Crippen LogP contribution is 2.22. The number of anilines is 1. The molecule has 26 heavy (non-hydrogen) atoms. The monoisotopic (exact) mass is 377 g/mol. The molecule has 0 heterocycles. The molecule has 0 spiro atoms. The molecule has 5 heteroatoms. The van der Waals surface area contributed by atoms with Gasteiger partial charge in [0, 0.05) is 16.4 Å². The molecule has 0 saturated heterocycles. The Morgan fingerprint density at radius 2 is 1.58 bits per heavy atom. The zero-order valence-electron chi connectivity index (χ0n) is 16.0. The summed E-state index contributed by atoms with van der Waals surface area (Å²) in [7, 11) is 0. The third-order valence-corrected chi connectivity index (χ3v) is 5.39. The minimum atomic E-state index is -0.122. The topological polar surface area (TPSA) is 53.5 Å². The lowest BCUT2D eigenvalue weighted by atomic mass is 10.00. The quantitative estimate of drug-likeness (QED) is 0.648. The van der Waals surface area contributed by atoms with E-state index in [1.54, 1.807) is 0 Å². The van der Waals surface area contributed by atoms with Crippen molar-refractivity contribution in [2.75, 3.05) is 11.9 Å². The molecule has 144 valence electrons. The standard InChI is InChI=1S/C21H32ClN3O/c1-17-19(22)14-11-15-20(17)23-16-21(26)25-24-18-12-9-7-5-3-2-4-6-8-10-13-18/h11,14-15,23H,2-10,12-13,16H2,1H3,(H,25,26). The summed E-state index contributed by atoms with van der Waals surface area (Å²) >= 11 is 6.10. The molecule has 0 radical (unpaired) electrons. The van der Waals surface area contributed by atoms with Crippen molar-refractivity contribution in [1.82, 2.24) is 5.43 Å². The van der Waals surface area contributed by atoms with Crippen LogP contribution in [0, 0.1) is 6.92 Å². The summed E-state index contributed by atoms with van der Waals surface area (Å²) in [4.78, 5) is 12.1. The molecular formula is C21H32ClN3O. The molecule has 1 aliphatic carbocycles. The van der Waals surface area contributed by atoms with E-state index in [9.17, 15) is 4.79 Å². The second kappa shape index (κ2) is 11.9. The van der Waals surface area contributed by atoms with Gasteiger partial charge in [-0.1, -0.05) is 62.6 Å². The van der Waals surface area contributed by atoms with E-state index in [0.717, 1.165) is 29.8 Å². The van der Waals surface area contributed by atoms with Crippen LogP contribution in [0.4, 0.5) is 5.69 Å². The minimum Gasteiger partial charge on any atom is -0.376 e.